The van der Waals surface area contributed by atoms with Crippen molar-refractivity contribution in [3.63, 3.8) is 0 Å². The summed E-state index contributed by atoms with van der Waals surface area (Å²) in [5.41, 5.74) is 0. The lowest BCUT2D eigenvalue weighted by molar-refractivity contribution is -0.137. The molecule has 7 heteroatoms. The largest absolute Gasteiger partial charge is 0.356 e. The van der Waals surface area contributed by atoms with Gasteiger partial charge in [-0.1, -0.05) is 32.6 Å². The zero-order valence-corrected chi connectivity index (χ0v) is 17.1. The molecule has 0 radical (unpaired) electrons. The van der Waals surface area contributed by atoms with Crippen LogP contribution in [0.15, 0.2) is 12.2 Å². The van der Waals surface area contributed by atoms with E-state index in [1.165, 1.54) is 17.1 Å². The average molecular weight is 394 g/mol. The minimum absolute atomic E-state index is 0.0312. The molecule has 158 valence electrons. The Hall–Kier alpha value is -2.18. The molecule has 0 unspecified atom stereocenters. The van der Waals surface area contributed by atoms with E-state index in [9.17, 15) is 19.2 Å². The fourth-order valence-electron chi connectivity index (χ4n) is 2.98. The second-order valence-electron chi connectivity index (χ2n) is 7.19. The molecule has 1 aliphatic rings. The van der Waals surface area contributed by atoms with Gasteiger partial charge in [-0.3, -0.25) is 24.1 Å². The Kier molecular flexibility index (Phi) is 12.6. The normalized spacial score (nSPS) is 13.2. The molecule has 28 heavy (non-hydrogen) atoms. The molecule has 0 saturated carbocycles. The van der Waals surface area contributed by atoms with E-state index < -0.39 is 0 Å². The van der Waals surface area contributed by atoms with Crippen LogP contribution < -0.4 is 10.6 Å². The van der Waals surface area contributed by atoms with Crippen LogP contribution in [0, 0.1) is 0 Å². The summed E-state index contributed by atoms with van der Waals surface area (Å²) in [6, 6.07) is 0. The van der Waals surface area contributed by atoms with Crippen LogP contribution in [0.3, 0.4) is 0 Å². The number of hydrogen-bond acceptors (Lipinski definition) is 4. The zero-order chi connectivity index (χ0) is 20.6. The van der Waals surface area contributed by atoms with Gasteiger partial charge in [-0.15, -0.1) is 0 Å². The number of rotatable bonds is 16. The smallest absolute Gasteiger partial charge is 0.253 e. The highest BCUT2D eigenvalue weighted by Crippen LogP contribution is 2.07. The van der Waals surface area contributed by atoms with Crippen LogP contribution in [0.1, 0.15) is 77.6 Å². The van der Waals surface area contributed by atoms with Gasteiger partial charge < -0.3 is 10.6 Å². The summed E-state index contributed by atoms with van der Waals surface area (Å²) < 4.78 is 0. The van der Waals surface area contributed by atoms with Gasteiger partial charge in [0, 0.05) is 44.6 Å². The average Bonchev–Trinajstić information content (AvgIpc) is 2.99. The molecule has 0 atom stereocenters. The van der Waals surface area contributed by atoms with Gasteiger partial charge in [0.2, 0.25) is 11.8 Å². The van der Waals surface area contributed by atoms with Crippen LogP contribution >= 0.6 is 0 Å². The summed E-state index contributed by atoms with van der Waals surface area (Å²) >= 11 is 0. The minimum Gasteiger partial charge on any atom is -0.356 e. The number of nitrogens with zero attached hydrogens (tertiary/aromatic N) is 1. The maximum absolute atomic E-state index is 11.8. The molecule has 0 aliphatic carbocycles. The summed E-state index contributed by atoms with van der Waals surface area (Å²) in [4.78, 5) is 47.4. The summed E-state index contributed by atoms with van der Waals surface area (Å²) in [6.07, 6.45) is 11.8. The number of carbonyl (C=O) groups excluding carboxylic acids is 4. The molecular formula is C21H35N3O4. The van der Waals surface area contributed by atoms with Crippen molar-refractivity contribution < 1.29 is 19.2 Å². The highest BCUT2D eigenvalue weighted by molar-refractivity contribution is 6.12. The third-order valence-corrected chi connectivity index (χ3v) is 4.69. The van der Waals surface area contributed by atoms with E-state index >= 15 is 0 Å². The van der Waals surface area contributed by atoms with Crippen LogP contribution in [0.4, 0.5) is 0 Å². The van der Waals surface area contributed by atoms with Crippen LogP contribution in [-0.2, 0) is 19.2 Å². The van der Waals surface area contributed by atoms with Crippen molar-refractivity contribution in [3.05, 3.63) is 12.2 Å². The van der Waals surface area contributed by atoms with Crippen molar-refractivity contribution in [1.29, 1.82) is 0 Å². The van der Waals surface area contributed by atoms with E-state index in [4.69, 9.17) is 0 Å². The third kappa shape index (κ3) is 10.8. The Morgan fingerprint density at radius 1 is 0.750 bits per heavy atom. The Balaban J connectivity index is 1.88. The molecule has 0 aromatic carbocycles. The number of nitrogens with one attached hydrogen (secondary N) is 2. The predicted octanol–water partition coefficient (Wildman–Crippen LogP) is 2.45. The Morgan fingerprint density at radius 3 is 1.79 bits per heavy atom. The molecule has 0 spiro atoms. The lowest BCUT2D eigenvalue weighted by Crippen LogP contribution is -2.30. The molecular weight excluding hydrogens is 358 g/mol. The second-order valence-corrected chi connectivity index (χ2v) is 7.19. The van der Waals surface area contributed by atoms with Gasteiger partial charge in [0.15, 0.2) is 0 Å². The second kappa shape index (κ2) is 14.8. The molecule has 1 aliphatic heterocycles. The first-order valence-electron chi connectivity index (χ1n) is 10.6. The van der Waals surface area contributed by atoms with Gasteiger partial charge in [0.25, 0.3) is 11.8 Å². The van der Waals surface area contributed by atoms with Crippen molar-refractivity contribution in [2.75, 3.05) is 19.6 Å². The predicted molar refractivity (Wildman–Crippen MR) is 108 cm³/mol. The molecule has 1 rings (SSSR count). The standard InChI is InChI=1S/C21H35N3O4/c1-2-3-8-15-22-18(25)11-6-4-9-16-23-19(26)12-7-5-10-17-24-20(27)13-14-21(24)28/h13-14H,2-12,15-17H2,1H3,(H,22,25)(H,23,26). The van der Waals surface area contributed by atoms with Crippen LogP contribution in [0.2, 0.25) is 0 Å². The van der Waals surface area contributed by atoms with Gasteiger partial charge >= 0.3 is 0 Å². The van der Waals surface area contributed by atoms with Crippen molar-refractivity contribution in [3.8, 4) is 0 Å². The minimum atomic E-state index is -0.253. The van der Waals surface area contributed by atoms with Crippen molar-refractivity contribution in [2.45, 2.75) is 77.6 Å². The molecule has 0 saturated heterocycles. The summed E-state index contributed by atoms with van der Waals surface area (Å²) in [5, 5.41) is 5.83. The fraction of sp³-hybridized carbons (Fsp3) is 0.714. The van der Waals surface area contributed by atoms with Crippen LogP contribution in [-0.4, -0.2) is 48.2 Å². The first-order valence-corrected chi connectivity index (χ1v) is 10.6. The first-order chi connectivity index (χ1) is 13.5. The van der Waals surface area contributed by atoms with E-state index in [1.54, 1.807) is 0 Å². The Labute approximate surface area is 168 Å². The zero-order valence-electron chi connectivity index (χ0n) is 17.1. The van der Waals surface area contributed by atoms with Gasteiger partial charge in [-0.25, -0.2) is 0 Å². The molecule has 0 fully saturated rings. The van der Waals surface area contributed by atoms with Gasteiger partial charge in [0.1, 0.15) is 0 Å². The molecule has 0 aromatic heterocycles. The summed E-state index contributed by atoms with van der Waals surface area (Å²) in [7, 11) is 0. The van der Waals surface area contributed by atoms with E-state index in [-0.39, 0.29) is 23.6 Å². The topological polar surface area (TPSA) is 95.6 Å². The number of carbonyl (C=O) groups is 4. The Bertz CT molecular complexity index is 528. The quantitative estimate of drug-likeness (QED) is 0.311. The number of hydrogen-bond donors (Lipinski definition) is 2. The maximum Gasteiger partial charge on any atom is 0.253 e. The first kappa shape index (κ1) is 23.9. The summed E-state index contributed by atoms with van der Waals surface area (Å²) in [5.74, 6) is -0.356. The van der Waals surface area contributed by atoms with E-state index in [2.05, 4.69) is 17.6 Å². The van der Waals surface area contributed by atoms with E-state index in [0.717, 1.165) is 57.9 Å². The maximum atomic E-state index is 11.8. The van der Waals surface area contributed by atoms with E-state index in [1.807, 2.05) is 0 Å². The fourth-order valence-corrected chi connectivity index (χ4v) is 2.98. The highest BCUT2D eigenvalue weighted by atomic mass is 16.2. The van der Waals surface area contributed by atoms with Gasteiger partial charge in [-0.05, 0) is 32.1 Å². The third-order valence-electron chi connectivity index (χ3n) is 4.69. The summed E-state index contributed by atoms with van der Waals surface area (Å²) in [6.45, 7) is 3.96. The molecule has 4 amide bonds. The molecule has 0 aromatic rings. The molecule has 0 bridgehead atoms. The Morgan fingerprint density at radius 2 is 1.25 bits per heavy atom. The van der Waals surface area contributed by atoms with Crippen LogP contribution in [0.25, 0.3) is 0 Å². The number of imide groups is 1. The SMILES string of the molecule is CCCCCNC(=O)CCCCCNC(=O)CCCCCN1C(=O)C=CC1=O. The highest BCUT2D eigenvalue weighted by Gasteiger charge is 2.22. The van der Waals surface area contributed by atoms with E-state index in [0.29, 0.717) is 32.4 Å². The molecule has 1 heterocycles. The van der Waals surface area contributed by atoms with Crippen molar-refractivity contribution >= 4 is 23.6 Å². The van der Waals surface area contributed by atoms with Gasteiger partial charge in [0.05, 0.1) is 0 Å². The lowest BCUT2D eigenvalue weighted by Gasteiger charge is -2.13. The molecule has 2 N–H and O–H groups in total. The number of unbranched alkanes of at least 4 members (excludes halogenated alkanes) is 6. The van der Waals surface area contributed by atoms with Gasteiger partial charge in [-0.2, -0.15) is 0 Å². The lowest BCUT2D eigenvalue weighted by atomic mass is 10.1. The molecule has 7 nitrogen and oxygen atoms in total. The van der Waals surface area contributed by atoms with Crippen LogP contribution in [0.5, 0.6) is 0 Å². The van der Waals surface area contributed by atoms with Crippen molar-refractivity contribution in [1.82, 2.24) is 15.5 Å². The monoisotopic (exact) mass is 393 g/mol. The number of amides is 4. The van der Waals surface area contributed by atoms with Crippen molar-refractivity contribution in [2.24, 2.45) is 0 Å².